The summed E-state index contributed by atoms with van der Waals surface area (Å²) in [4.78, 5) is 1.55. The van der Waals surface area contributed by atoms with Crippen molar-refractivity contribution < 1.29 is 22.2 Å². The highest BCUT2D eigenvalue weighted by molar-refractivity contribution is 6.08. The molecule has 0 spiro atoms. The number of ether oxygens (including phenoxy) is 1. The van der Waals surface area contributed by atoms with Gasteiger partial charge in [-0.2, -0.15) is 9.81 Å². The largest absolute Gasteiger partial charge is 1.00 e. The van der Waals surface area contributed by atoms with Gasteiger partial charge in [-0.25, -0.2) is 0 Å². The minimum Gasteiger partial charge on any atom is -1.00 e. The monoisotopic (exact) mass is 306 g/mol. The van der Waals surface area contributed by atoms with Crippen LogP contribution in [0.1, 0.15) is 12.7 Å². The first kappa shape index (κ1) is 15.1. The van der Waals surface area contributed by atoms with Crippen LogP contribution in [0.2, 0.25) is 0 Å². The third-order valence-electron chi connectivity index (χ3n) is 3.01. The fourth-order valence-corrected chi connectivity index (χ4v) is 1.90. The van der Waals surface area contributed by atoms with Gasteiger partial charge in [-0.1, -0.05) is 5.10 Å². The lowest BCUT2D eigenvalue weighted by molar-refractivity contribution is -0.778. The highest BCUT2D eigenvalue weighted by Crippen LogP contribution is 2.14. The third-order valence-corrected chi connectivity index (χ3v) is 3.01. The Bertz CT molecular complexity index is 664. The Morgan fingerprint density at radius 3 is 2.62 bits per heavy atom. The lowest BCUT2D eigenvalue weighted by Crippen LogP contribution is -3.00. The first-order chi connectivity index (χ1) is 9.80. The van der Waals surface area contributed by atoms with E-state index >= 15 is 0 Å². The fraction of sp³-hybridized carbons (Fsp3) is 0.231. The molecule has 21 heavy (non-hydrogen) atoms. The summed E-state index contributed by atoms with van der Waals surface area (Å²) < 4.78 is 5.14. The van der Waals surface area contributed by atoms with Gasteiger partial charge in [0, 0.05) is 12.1 Å². The molecule has 0 fully saturated rings. The highest BCUT2D eigenvalue weighted by Gasteiger charge is 2.20. The molecule has 8 heteroatoms. The zero-order valence-electron chi connectivity index (χ0n) is 11.7. The van der Waals surface area contributed by atoms with E-state index in [4.69, 9.17) is 4.74 Å². The quantitative estimate of drug-likeness (QED) is 0.665. The Labute approximate surface area is 128 Å². The number of nitrogens with zero attached hydrogens (tertiary/aromatic N) is 5. The number of benzene rings is 1. The number of methoxy groups -OCH3 is 1. The second-order valence-corrected chi connectivity index (χ2v) is 4.27. The van der Waals surface area contributed by atoms with E-state index in [9.17, 15) is 0 Å². The molecule has 1 N–H and O–H groups in total. The van der Waals surface area contributed by atoms with Gasteiger partial charge in [0.2, 0.25) is 5.82 Å². The topological polar surface area (TPSA) is 69.6 Å². The molecule has 1 unspecified atom stereocenters. The molecule has 0 saturated carbocycles. The van der Waals surface area contributed by atoms with E-state index in [1.165, 1.54) is 0 Å². The summed E-state index contributed by atoms with van der Waals surface area (Å²) in [5.41, 5.74) is 1.90. The molecule has 2 aromatic rings. The van der Waals surface area contributed by atoms with Crippen LogP contribution in [0.3, 0.4) is 0 Å². The first-order valence-corrected chi connectivity index (χ1v) is 6.35. The summed E-state index contributed by atoms with van der Waals surface area (Å²) in [6.07, 6.45) is 3.72. The van der Waals surface area contributed by atoms with Gasteiger partial charge in [0.25, 0.3) is 0 Å². The number of quaternary nitrogens is 1. The van der Waals surface area contributed by atoms with Crippen molar-refractivity contribution in [2.75, 3.05) is 7.11 Å². The number of allylic oxidation sites excluding steroid dienone is 1. The molecule has 0 amide bonds. The number of halogens is 1. The Kier molecular flexibility index (Phi) is 4.66. The number of hydrogen-bond acceptors (Lipinski definition) is 5. The number of tetrazole rings is 1. The molecular formula is C13H15ClN6O. The molecule has 1 aromatic heterocycles. The van der Waals surface area contributed by atoms with Crippen LogP contribution in [-0.2, 0) is 6.54 Å². The smallest absolute Gasteiger partial charge is 0.212 e. The molecule has 3 rings (SSSR count). The standard InChI is InChI=1S/C13H14N6O.ClH/c1-3-19-16-13(15-17-19)10-8-14-18(9-10)11-4-6-12(20-2)7-5-11;/h4-9H,3H2,1-2H3;1H. The molecular weight excluding hydrogens is 292 g/mol. The van der Waals surface area contributed by atoms with Gasteiger partial charge in [0.15, 0.2) is 5.69 Å². The molecule has 0 saturated heterocycles. The van der Waals surface area contributed by atoms with Gasteiger partial charge in [-0.3, -0.25) is 0 Å². The van der Waals surface area contributed by atoms with Crippen molar-refractivity contribution in [3.8, 4) is 5.75 Å². The second kappa shape index (κ2) is 6.47. The maximum Gasteiger partial charge on any atom is 0.212 e. The molecule has 1 aromatic carbocycles. The Morgan fingerprint density at radius 2 is 2.00 bits per heavy atom. The van der Waals surface area contributed by atoms with Crippen LogP contribution in [0, 0.1) is 0 Å². The molecule has 0 bridgehead atoms. The number of aryl methyl sites for hydroxylation is 1. The maximum absolute atomic E-state index is 5.14. The summed E-state index contributed by atoms with van der Waals surface area (Å²) >= 11 is 0. The predicted molar refractivity (Wildman–Crippen MR) is 73.6 cm³/mol. The van der Waals surface area contributed by atoms with Crippen molar-refractivity contribution in [3.05, 3.63) is 36.3 Å². The van der Waals surface area contributed by atoms with Crippen LogP contribution in [-0.4, -0.2) is 33.5 Å². The zero-order valence-corrected chi connectivity index (χ0v) is 12.4. The van der Waals surface area contributed by atoms with Gasteiger partial charge < -0.3 is 17.1 Å². The summed E-state index contributed by atoms with van der Waals surface area (Å²) in [6, 6.07) is 7.77. The normalized spacial score (nSPS) is 16.5. The van der Waals surface area contributed by atoms with Gasteiger partial charge in [0.05, 0.1) is 13.7 Å². The zero-order chi connectivity index (χ0) is 13.9. The first-order valence-electron chi connectivity index (χ1n) is 6.35. The lowest BCUT2D eigenvalue weighted by atomic mass is 10.3. The molecule has 0 aliphatic carbocycles. The fourth-order valence-electron chi connectivity index (χ4n) is 1.90. The van der Waals surface area contributed by atoms with E-state index in [2.05, 4.69) is 20.5 Å². The van der Waals surface area contributed by atoms with E-state index in [1.54, 1.807) is 18.1 Å². The number of nitrogens with one attached hydrogen (secondary N) is 1. The van der Waals surface area contributed by atoms with Gasteiger partial charge in [-0.15, -0.1) is 10.2 Å². The predicted octanol–water partition coefficient (Wildman–Crippen LogP) is -2.74. The summed E-state index contributed by atoms with van der Waals surface area (Å²) in [5, 5.41) is 17.5. The summed E-state index contributed by atoms with van der Waals surface area (Å²) in [7, 11) is 1.65. The van der Waals surface area contributed by atoms with Crippen LogP contribution in [0.5, 0.6) is 5.75 Å². The van der Waals surface area contributed by atoms with Gasteiger partial charge in [0.1, 0.15) is 23.7 Å². The number of rotatable bonds is 4. The van der Waals surface area contributed by atoms with Gasteiger partial charge >= 0.3 is 0 Å². The Balaban J connectivity index is 0.00000161. The van der Waals surface area contributed by atoms with Crippen LogP contribution in [0.25, 0.3) is 5.57 Å². The van der Waals surface area contributed by atoms with Crippen LogP contribution in [0.4, 0.5) is 5.69 Å². The average molecular weight is 307 g/mol. The van der Waals surface area contributed by atoms with E-state index in [-0.39, 0.29) is 12.4 Å². The Hall–Kier alpha value is -2.25. The molecule has 1 aliphatic heterocycles. The second-order valence-electron chi connectivity index (χ2n) is 4.27. The van der Waals surface area contributed by atoms with Crippen LogP contribution >= 0.6 is 0 Å². The maximum atomic E-state index is 5.14. The van der Waals surface area contributed by atoms with Crippen molar-refractivity contribution in [2.45, 2.75) is 13.5 Å². The molecule has 0 radical (unpaired) electrons. The van der Waals surface area contributed by atoms with Crippen LogP contribution in [0.15, 0.2) is 35.6 Å². The molecule has 110 valence electrons. The van der Waals surface area contributed by atoms with Crippen LogP contribution < -0.4 is 22.2 Å². The Morgan fingerprint density at radius 1 is 1.24 bits per heavy atom. The van der Waals surface area contributed by atoms with E-state index in [0.29, 0.717) is 12.4 Å². The van der Waals surface area contributed by atoms with E-state index in [0.717, 1.165) is 22.0 Å². The number of hydrogen-bond donors (Lipinski definition) is 1. The lowest BCUT2D eigenvalue weighted by Gasteiger charge is -2.04. The highest BCUT2D eigenvalue weighted by atomic mass is 35.5. The van der Waals surface area contributed by atoms with E-state index < -0.39 is 0 Å². The summed E-state index contributed by atoms with van der Waals surface area (Å²) in [6.45, 7) is 2.67. The molecule has 1 aliphatic rings. The summed E-state index contributed by atoms with van der Waals surface area (Å²) in [5.74, 6) is 1.42. The minimum atomic E-state index is 0. The molecule has 1 atom stereocenters. The van der Waals surface area contributed by atoms with Crippen molar-refractivity contribution in [1.29, 1.82) is 0 Å². The number of aromatic nitrogens is 4. The van der Waals surface area contributed by atoms with E-state index in [1.807, 2.05) is 37.4 Å². The SMILES string of the molecule is CCn1nnc(C2=C[NH+](c3ccc(OC)cc3)N=C2)n1.[Cl-]. The van der Waals surface area contributed by atoms with Gasteiger partial charge in [-0.05, 0) is 24.3 Å². The third kappa shape index (κ3) is 3.09. The van der Waals surface area contributed by atoms with Crippen molar-refractivity contribution in [3.63, 3.8) is 0 Å². The average Bonchev–Trinajstić information content (AvgIpc) is 3.16. The molecule has 2 heterocycles. The molecule has 7 nitrogen and oxygen atoms in total. The van der Waals surface area contributed by atoms with Crippen molar-refractivity contribution in [1.82, 2.24) is 20.2 Å². The van der Waals surface area contributed by atoms with Crippen molar-refractivity contribution in [2.24, 2.45) is 5.10 Å². The van der Waals surface area contributed by atoms with Crippen molar-refractivity contribution >= 4 is 17.5 Å². The minimum absolute atomic E-state index is 0.